The molecular weight excluding hydrogens is 655 g/mol. The van der Waals surface area contributed by atoms with Crippen LogP contribution < -0.4 is 4.90 Å². The molecule has 10 aromatic rings. The lowest BCUT2D eigenvalue weighted by Gasteiger charge is -2.26. The van der Waals surface area contributed by atoms with Gasteiger partial charge in [0.2, 0.25) is 0 Å². The molecule has 0 aliphatic rings. The summed E-state index contributed by atoms with van der Waals surface area (Å²) in [6.07, 6.45) is 0. The molecule has 0 bridgehead atoms. The van der Waals surface area contributed by atoms with Crippen molar-refractivity contribution in [3.05, 3.63) is 212 Å². The molecule has 0 fully saturated rings. The van der Waals surface area contributed by atoms with Crippen LogP contribution in [0.5, 0.6) is 0 Å². The highest BCUT2D eigenvalue weighted by Gasteiger charge is 2.15. The largest absolute Gasteiger partial charge is 0.456 e. The first-order chi connectivity index (χ1) is 26.7. The summed E-state index contributed by atoms with van der Waals surface area (Å²) in [5, 5.41) is 5.99. The maximum absolute atomic E-state index is 6.19. The van der Waals surface area contributed by atoms with E-state index in [0.717, 1.165) is 44.9 Å². The van der Waals surface area contributed by atoms with Gasteiger partial charge in [-0.25, -0.2) is 0 Å². The van der Waals surface area contributed by atoms with E-state index < -0.39 is 0 Å². The van der Waals surface area contributed by atoms with E-state index in [-0.39, 0.29) is 0 Å². The summed E-state index contributed by atoms with van der Waals surface area (Å²) in [5.74, 6) is 0.880. The van der Waals surface area contributed by atoms with Gasteiger partial charge in [-0.15, -0.1) is 0 Å². The topological polar surface area (TPSA) is 16.4 Å². The van der Waals surface area contributed by atoms with Crippen molar-refractivity contribution in [1.82, 2.24) is 0 Å². The Morgan fingerprint density at radius 3 is 1.46 bits per heavy atom. The number of furan rings is 1. The zero-order valence-corrected chi connectivity index (χ0v) is 29.6. The summed E-state index contributed by atoms with van der Waals surface area (Å²) >= 11 is 0. The smallest absolute Gasteiger partial charge is 0.135 e. The molecule has 2 nitrogen and oxygen atoms in total. The first kappa shape index (κ1) is 31.6. The quantitative estimate of drug-likeness (QED) is 0.166. The average molecular weight is 690 g/mol. The van der Waals surface area contributed by atoms with Gasteiger partial charge < -0.3 is 9.32 Å². The lowest BCUT2D eigenvalue weighted by molar-refractivity contribution is 0.631. The molecular formula is C52H35NO. The minimum atomic E-state index is 0.880. The molecule has 0 amide bonds. The fraction of sp³-hybridized carbons (Fsp3) is 0. The van der Waals surface area contributed by atoms with Crippen molar-refractivity contribution in [1.29, 1.82) is 0 Å². The van der Waals surface area contributed by atoms with E-state index in [2.05, 4.69) is 199 Å². The van der Waals surface area contributed by atoms with Crippen LogP contribution in [0.25, 0.3) is 77.2 Å². The summed E-state index contributed by atoms with van der Waals surface area (Å²) in [5.41, 5.74) is 12.4. The van der Waals surface area contributed by atoms with Crippen LogP contribution in [0.4, 0.5) is 17.1 Å². The summed E-state index contributed by atoms with van der Waals surface area (Å²) in [4.78, 5) is 2.35. The Bertz CT molecular complexity index is 2890. The lowest BCUT2D eigenvalue weighted by Crippen LogP contribution is -2.09. The Labute approximate surface area is 314 Å². The number of anilines is 3. The lowest BCUT2D eigenvalue weighted by atomic mass is 9.98. The Morgan fingerprint density at radius 2 is 0.722 bits per heavy atom. The number of benzene rings is 9. The monoisotopic (exact) mass is 689 g/mol. The Hall–Kier alpha value is -7.16. The van der Waals surface area contributed by atoms with Crippen LogP contribution in [0, 0.1) is 0 Å². The minimum absolute atomic E-state index is 0.880. The predicted molar refractivity (Wildman–Crippen MR) is 228 cm³/mol. The Kier molecular flexibility index (Phi) is 7.85. The molecule has 54 heavy (non-hydrogen) atoms. The van der Waals surface area contributed by atoms with Gasteiger partial charge in [-0.3, -0.25) is 0 Å². The number of hydrogen-bond acceptors (Lipinski definition) is 2. The number of para-hydroxylation sites is 1. The summed E-state index contributed by atoms with van der Waals surface area (Å²) < 4.78 is 6.19. The van der Waals surface area contributed by atoms with E-state index in [0.29, 0.717) is 0 Å². The van der Waals surface area contributed by atoms with Crippen LogP contribution in [-0.4, -0.2) is 0 Å². The van der Waals surface area contributed by atoms with Gasteiger partial charge in [0.25, 0.3) is 0 Å². The molecule has 0 saturated carbocycles. The van der Waals surface area contributed by atoms with Crippen LogP contribution >= 0.6 is 0 Å². The predicted octanol–water partition coefficient (Wildman–Crippen LogP) is 14.9. The van der Waals surface area contributed by atoms with Crippen molar-refractivity contribution in [3.8, 4) is 44.7 Å². The maximum atomic E-state index is 6.19. The van der Waals surface area contributed by atoms with Crippen LogP contribution in [0.3, 0.4) is 0 Å². The second-order valence-corrected chi connectivity index (χ2v) is 13.8. The van der Waals surface area contributed by atoms with Crippen molar-refractivity contribution in [2.24, 2.45) is 0 Å². The zero-order valence-electron chi connectivity index (χ0n) is 29.6. The molecule has 0 aliphatic heterocycles. The second kappa shape index (κ2) is 13.4. The van der Waals surface area contributed by atoms with E-state index in [1.807, 2.05) is 18.2 Å². The van der Waals surface area contributed by atoms with E-state index in [9.17, 15) is 0 Å². The number of nitrogens with zero attached hydrogens (tertiary/aromatic N) is 1. The molecule has 9 aromatic carbocycles. The van der Waals surface area contributed by atoms with Gasteiger partial charge in [0.05, 0.1) is 0 Å². The standard InChI is InChI=1S/C52H35NO/c1-2-9-36(10-3-1)38-21-26-48(27-22-38)53(49-28-23-39(24-29-49)42-18-17-37-11-4-5-12-40(37)31-42)50-30-25-44-32-43(19-20-45(44)34-50)41-14-8-15-46(33-41)52-35-47-13-6-7-16-51(47)54-52/h1-35H. The van der Waals surface area contributed by atoms with Gasteiger partial charge in [0.1, 0.15) is 11.3 Å². The minimum Gasteiger partial charge on any atom is -0.456 e. The van der Waals surface area contributed by atoms with Crippen molar-refractivity contribution in [2.75, 3.05) is 4.90 Å². The highest BCUT2D eigenvalue weighted by Crippen LogP contribution is 2.39. The summed E-state index contributed by atoms with van der Waals surface area (Å²) in [7, 11) is 0. The van der Waals surface area contributed by atoms with Crippen molar-refractivity contribution in [2.45, 2.75) is 0 Å². The third-order valence-electron chi connectivity index (χ3n) is 10.4. The molecule has 0 aliphatic carbocycles. The van der Waals surface area contributed by atoms with Gasteiger partial charge in [0, 0.05) is 28.0 Å². The van der Waals surface area contributed by atoms with Crippen LogP contribution in [0.2, 0.25) is 0 Å². The van der Waals surface area contributed by atoms with Gasteiger partial charge >= 0.3 is 0 Å². The molecule has 0 radical (unpaired) electrons. The highest BCUT2D eigenvalue weighted by atomic mass is 16.3. The van der Waals surface area contributed by atoms with Gasteiger partial charge in [-0.05, 0) is 122 Å². The van der Waals surface area contributed by atoms with E-state index in [1.165, 1.54) is 49.4 Å². The molecule has 2 heteroatoms. The molecule has 1 heterocycles. The normalized spacial score (nSPS) is 11.3. The molecule has 0 atom stereocenters. The molecule has 10 rings (SSSR count). The second-order valence-electron chi connectivity index (χ2n) is 13.8. The molecule has 254 valence electrons. The zero-order chi connectivity index (χ0) is 35.8. The average Bonchev–Trinajstić information content (AvgIpc) is 3.69. The highest BCUT2D eigenvalue weighted by molar-refractivity contribution is 5.93. The number of rotatable bonds is 7. The fourth-order valence-electron chi connectivity index (χ4n) is 7.58. The van der Waals surface area contributed by atoms with Crippen LogP contribution in [-0.2, 0) is 0 Å². The molecule has 0 spiro atoms. The fourth-order valence-corrected chi connectivity index (χ4v) is 7.58. The van der Waals surface area contributed by atoms with Crippen molar-refractivity contribution < 1.29 is 4.42 Å². The van der Waals surface area contributed by atoms with Gasteiger partial charge in [-0.2, -0.15) is 0 Å². The molecule has 1 aromatic heterocycles. The van der Waals surface area contributed by atoms with Crippen LogP contribution in [0.1, 0.15) is 0 Å². The van der Waals surface area contributed by atoms with Crippen molar-refractivity contribution >= 4 is 49.6 Å². The van der Waals surface area contributed by atoms with E-state index in [1.54, 1.807) is 0 Å². The first-order valence-electron chi connectivity index (χ1n) is 18.4. The van der Waals surface area contributed by atoms with E-state index in [4.69, 9.17) is 4.42 Å². The van der Waals surface area contributed by atoms with Crippen molar-refractivity contribution in [3.63, 3.8) is 0 Å². The Morgan fingerprint density at radius 1 is 0.259 bits per heavy atom. The Balaban J connectivity index is 1.01. The SMILES string of the molecule is c1ccc(-c2ccc(N(c3ccc(-c4ccc5ccccc5c4)cc3)c3ccc4cc(-c5cccc(-c6cc7ccccc7o6)c5)ccc4c3)cc2)cc1. The summed E-state index contributed by atoms with van der Waals surface area (Å²) in [6, 6.07) is 76.0. The third-order valence-corrected chi connectivity index (χ3v) is 10.4. The third kappa shape index (κ3) is 6.00. The van der Waals surface area contributed by atoms with Crippen LogP contribution in [0.15, 0.2) is 217 Å². The molecule has 0 saturated heterocycles. The van der Waals surface area contributed by atoms with E-state index >= 15 is 0 Å². The number of fused-ring (bicyclic) bond motifs is 3. The first-order valence-corrected chi connectivity index (χ1v) is 18.4. The van der Waals surface area contributed by atoms with Gasteiger partial charge in [0.15, 0.2) is 0 Å². The molecule has 0 unspecified atom stereocenters. The molecule has 0 N–H and O–H groups in total. The summed E-state index contributed by atoms with van der Waals surface area (Å²) in [6.45, 7) is 0. The maximum Gasteiger partial charge on any atom is 0.135 e. The van der Waals surface area contributed by atoms with Gasteiger partial charge in [-0.1, -0.05) is 146 Å². The number of hydrogen-bond donors (Lipinski definition) is 0.